The Bertz CT molecular complexity index is 658. The third kappa shape index (κ3) is 8.19. The first kappa shape index (κ1) is 22.4. The molecule has 0 amide bonds. The lowest BCUT2D eigenvalue weighted by Gasteiger charge is -2.14. The standard InChI is InChI=1S/C21H30N4.HI/c1-4-22-21(23-15-18-10-7-6-8-11-18)24-16-19-12-9-13-20(14-19)17-25(3)5-2;/h6-14H,4-5,15-17H2,1-3H3,(H2,22,23,24);1H. The van der Waals surface area contributed by atoms with E-state index < -0.39 is 0 Å². The van der Waals surface area contributed by atoms with E-state index in [1.165, 1.54) is 16.7 Å². The van der Waals surface area contributed by atoms with Gasteiger partial charge in [0.1, 0.15) is 0 Å². The van der Waals surface area contributed by atoms with Crippen LogP contribution in [0.1, 0.15) is 30.5 Å². The molecule has 0 atom stereocenters. The Morgan fingerprint density at radius 2 is 1.62 bits per heavy atom. The van der Waals surface area contributed by atoms with Gasteiger partial charge in [-0.05, 0) is 37.2 Å². The number of benzene rings is 2. The molecule has 0 aromatic heterocycles. The monoisotopic (exact) mass is 466 g/mol. The molecule has 2 rings (SSSR count). The average molecular weight is 466 g/mol. The van der Waals surface area contributed by atoms with E-state index in [2.05, 4.69) is 85.0 Å². The van der Waals surface area contributed by atoms with Gasteiger partial charge in [0.05, 0.1) is 6.54 Å². The molecule has 142 valence electrons. The van der Waals surface area contributed by atoms with Crippen molar-refractivity contribution in [2.24, 2.45) is 4.99 Å². The predicted octanol–water partition coefficient (Wildman–Crippen LogP) is 4.01. The van der Waals surface area contributed by atoms with Gasteiger partial charge in [-0.1, -0.05) is 61.5 Å². The maximum Gasteiger partial charge on any atom is 0.191 e. The minimum absolute atomic E-state index is 0. The maximum absolute atomic E-state index is 4.72. The molecule has 5 heteroatoms. The van der Waals surface area contributed by atoms with Gasteiger partial charge in [0.2, 0.25) is 0 Å². The first-order valence-corrected chi connectivity index (χ1v) is 9.03. The lowest BCUT2D eigenvalue weighted by Crippen LogP contribution is -2.36. The molecular formula is C21H31IN4. The van der Waals surface area contributed by atoms with Crippen LogP contribution in [0.4, 0.5) is 0 Å². The SMILES string of the molecule is CCNC(=NCc1cccc(CN(C)CC)c1)NCc1ccccc1.I. The third-order valence-electron chi connectivity index (χ3n) is 4.05. The fourth-order valence-electron chi connectivity index (χ4n) is 2.54. The fraction of sp³-hybridized carbons (Fsp3) is 0.381. The van der Waals surface area contributed by atoms with Gasteiger partial charge in [0.15, 0.2) is 5.96 Å². The van der Waals surface area contributed by atoms with Crippen molar-refractivity contribution in [3.63, 3.8) is 0 Å². The summed E-state index contributed by atoms with van der Waals surface area (Å²) in [4.78, 5) is 7.02. The smallest absolute Gasteiger partial charge is 0.191 e. The summed E-state index contributed by atoms with van der Waals surface area (Å²) in [6.45, 7) is 8.58. The van der Waals surface area contributed by atoms with Crippen LogP contribution in [-0.2, 0) is 19.6 Å². The van der Waals surface area contributed by atoms with E-state index >= 15 is 0 Å². The van der Waals surface area contributed by atoms with Gasteiger partial charge in [-0.25, -0.2) is 4.99 Å². The highest BCUT2D eigenvalue weighted by Crippen LogP contribution is 2.09. The molecule has 0 aliphatic heterocycles. The maximum atomic E-state index is 4.72. The number of aliphatic imine (C=N–C) groups is 1. The minimum Gasteiger partial charge on any atom is -0.357 e. The van der Waals surface area contributed by atoms with Crippen LogP contribution < -0.4 is 10.6 Å². The summed E-state index contributed by atoms with van der Waals surface area (Å²) in [5.41, 5.74) is 3.82. The second-order valence-electron chi connectivity index (χ2n) is 6.18. The van der Waals surface area contributed by atoms with Crippen LogP contribution in [0.15, 0.2) is 59.6 Å². The highest BCUT2D eigenvalue weighted by atomic mass is 127. The molecule has 0 saturated heterocycles. The van der Waals surface area contributed by atoms with Crippen LogP contribution >= 0.6 is 24.0 Å². The van der Waals surface area contributed by atoms with E-state index in [0.29, 0.717) is 6.54 Å². The van der Waals surface area contributed by atoms with Crippen LogP contribution in [0.5, 0.6) is 0 Å². The Hall–Kier alpha value is -1.60. The summed E-state index contributed by atoms with van der Waals surface area (Å²) >= 11 is 0. The molecule has 2 aromatic rings. The van der Waals surface area contributed by atoms with E-state index in [0.717, 1.165) is 32.1 Å². The van der Waals surface area contributed by atoms with Crippen molar-refractivity contribution in [3.8, 4) is 0 Å². The lowest BCUT2D eigenvalue weighted by atomic mass is 10.1. The molecule has 0 saturated carbocycles. The largest absolute Gasteiger partial charge is 0.357 e. The topological polar surface area (TPSA) is 39.7 Å². The summed E-state index contributed by atoms with van der Waals surface area (Å²) in [5.74, 6) is 0.849. The molecule has 0 radical (unpaired) electrons. The Kier molecular flexibility index (Phi) is 11.0. The van der Waals surface area contributed by atoms with Gasteiger partial charge in [-0.15, -0.1) is 24.0 Å². The van der Waals surface area contributed by atoms with E-state index in [9.17, 15) is 0 Å². The van der Waals surface area contributed by atoms with E-state index in [-0.39, 0.29) is 24.0 Å². The first-order chi connectivity index (χ1) is 12.2. The summed E-state index contributed by atoms with van der Waals surface area (Å²) in [6.07, 6.45) is 0. The van der Waals surface area contributed by atoms with Gasteiger partial charge >= 0.3 is 0 Å². The van der Waals surface area contributed by atoms with Crippen LogP contribution in [0.3, 0.4) is 0 Å². The second-order valence-corrected chi connectivity index (χ2v) is 6.18. The number of nitrogens with zero attached hydrogens (tertiary/aromatic N) is 2. The van der Waals surface area contributed by atoms with Crippen LogP contribution in [-0.4, -0.2) is 31.0 Å². The summed E-state index contributed by atoms with van der Waals surface area (Å²) in [7, 11) is 2.14. The minimum atomic E-state index is 0. The Labute approximate surface area is 175 Å². The molecule has 0 unspecified atom stereocenters. The fourth-order valence-corrected chi connectivity index (χ4v) is 2.54. The second kappa shape index (κ2) is 12.7. The Balaban J connectivity index is 0.00000338. The Morgan fingerprint density at radius 1 is 0.923 bits per heavy atom. The van der Waals surface area contributed by atoms with Gasteiger partial charge in [-0.2, -0.15) is 0 Å². The van der Waals surface area contributed by atoms with Crippen molar-refractivity contribution in [1.82, 2.24) is 15.5 Å². The molecule has 0 fully saturated rings. The quantitative estimate of drug-likeness (QED) is 0.351. The Morgan fingerprint density at radius 3 is 2.31 bits per heavy atom. The number of halogens is 1. The average Bonchev–Trinajstić information content (AvgIpc) is 2.65. The van der Waals surface area contributed by atoms with Crippen LogP contribution in [0.25, 0.3) is 0 Å². The molecule has 4 nitrogen and oxygen atoms in total. The third-order valence-corrected chi connectivity index (χ3v) is 4.05. The van der Waals surface area contributed by atoms with Gasteiger partial charge < -0.3 is 15.5 Å². The zero-order valence-electron chi connectivity index (χ0n) is 16.0. The molecule has 0 aliphatic rings. The predicted molar refractivity (Wildman–Crippen MR) is 122 cm³/mol. The number of guanidine groups is 1. The molecular weight excluding hydrogens is 435 g/mol. The number of hydrogen-bond acceptors (Lipinski definition) is 2. The van der Waals surface area contributed by atoms with Gasteiger partial charge in [0.25, 0.3) is 0 Å². The number of nitrogens with one attached hydrogen (secondary N) is 2. The van der Waals surface area contributed by atoms with Crippen molar-refractivity contribution < 1.29 is 0 Å². The molecule has 0 bridgehead atoms. The van der Waals surface area contributed by atoms with Crippen LogP contribution in [0, 0.1) is 0 Å². The van der Waals surface area contributed by atoms with Crippen molar-refractivity contribution in [1.29, 1.82) is 0 Å². The molecule has 26 heavy (non-hydrogen) atoms. The summed E-state index contributed by atoms with van der Waals surface area (Å²) in [6, 6.07) is 19.1. The van der Waals surface area contributed by atoms with Crippen LogP contribution in [0.2, 0.25) is 0 Å². The molecule has 0 heterocycles. The van der Waals surface area contributed by atoms with E-state index in [1.807, 2.05) is 6.07 Å². The van der Waals surface area contributed by atoms with E-state index in [4.69, 9.17) is 4.99 Å². The van der Waals surface area contributed by atoms with Crippen molar-refractivity contribution in [2.75, 3.05) is 20.1 Å². The van der Waals surface area contributed by atoms with Gasteiger partial charge in [0, 0.05) is 19.6 Å². The highest BCUT2D eigenvalue weighted by molar-refractivity contribution is 14.0. The highest BCUT2D eigenvalue weighted by Gasteiger charge is 2.01. The molecule has 2 N–H and O–H groups in total. The number of hydrogen-bond donors (Lipinski definition) is 2. The van der Waals surface area contributed by atoms with Gasteiger partial charge in [-0.3, -0.25) is 0 Å². The molecule has 0 spiro atoms. The zero-order valence-corrected chi connectivity index (χ0v) is 18.4. The zero-order chi connectivity index (χ0) is 17.9. The van der Waals surface area contributed by atoms with Crippen molar-refractivity contribution >= 4 is 29.9 Å². The number of rotatable bonds is 8. The summed E-state index contributed by atoms with van der Waals surface area (Å²) in [5, 5.41) is 6.70. The first-order valence-electron chi connectivity index (χ1n) is 9.03. The summed E-state index contributed by atoms with van der Waals surface area (Å²) < 4.78 is 0. The van der Waals surface area contributed by atoms with Crippen molar-refractivity contribution in [3.05, 3.63) is 71.3 Å². The molecule has 0 aliphatic carbocycles. The molecule has 2 aromatic carbocycles. The van der Waals surface area contributed by atoms with Crippen molar-refractivity contribution in [2.45, 2.75) is 33.5 Å². The normalized spacial score (nSPS) is 11.2. The van der Waals surface area contributed by atoms with E-state index in [1.54, 1.807) is 0 Å². The lowest BCUT2D eigenvalue weighted by molar-refractivity contribution is 0.345.